The number of rotatable bonds is 6. The van der Waals surface area contributed by atoms with Crippen LogP contribution in [0.4, 0.5) is 0 Å². The maximum Gasteiger partial charge on any atom is 0.226 e. The zero-order valence-electron chi connectivity index (χ0n) is 15.3. The van der Waals surface area contributed by atoms with E-state index in [1.165, 1.54) is 16.4 Å². The van der Waals surface area contributed by atoms with Crippen molar-refractivity contribution in [1.82, 2.24) is 24.3 Å². The minimum Gasteiger partial charge on any atom is -0.144 e. The first-order chi connectivity index (χ1) is 11.8. The Kier molecular flexibility index (Phi) is 5.26. The Bertz CT molecular complexity index is 848. The average Bonchev–Trinajstić information content (AvgIpc) is 3.26. The molecule has 6 nitrogen and oxygen atoms in total. The van der Waals surface area contributed by atoms with Crippen molar-refractivity contribution in [2.45, 2.75) is 65.3 Å². The molecule has 0 aliphatic heterocycles. The van der Waals surface area contributed by atoms with Crippen molar-refractivity contribution in [3.8, 4) is 0 Å². The van der Waals surface area contributed by atoms with E-state index in [9.17, 15) is 0 Å². The third-order valence-corrected chi connectivity index (χ3v) is 7.57. The third kappa shape index (κ3) is 3.78. The molecular weight excluding hydrogens is 372 g/mol. The van der Waals surface area contributed by atoms with Crippen molar-refractivity contribution >= 4 is 34.4 Å². The molecule has 0 spiro atoms. The van der Waals surface area contributed by atoms with Crippen LogP contribution in [0.15, 0.2) is 6.20 Å². The second-order valence-electron chi connectivity index (χ2n) is 7.09. The molecule has 0 amide bonds. The summed E-state index contributed by atoms with van der Waals surface area (Å²) in [6.07, 6.45) is 3.05. The molecular formula is C16H23N6S3+. The highest BCUT2D eigenvalue weighted by atomic mass is 32.1. The summed E-state index contributed by atoms with van der Waals surface area (Å²) >= 11 is 4.71. The summed E-state index contributed by atoms with van der Waals surface area (Å²) in [7, 11) is 0. The first-order valence-corrected chi connectivity index (χ1v) is 10.7. The van der Waals surface area contributed by atoms with Crippen LogP contribution >= 0.6 is 34.4 Å². The molecule has 1 unspecified atom stereocenters. The van der Waals surface area contributed by atoms with Gasteiger partial charge in [0.1, 0.15) is 14.9 Å². The van der Waals surface area contributed by atoms with E-state index in [0.717, 1.165) is 27.0 Å². The molecule has 3 aromatic rings. The van der Waals surface area contributed by atoms with Crippen molar-refractivity contribution < 1.29 is 4.68 Å². The van der Waals surface area contributed by atoms with E-state index in [4.69, 9.17) is 0 Å². The summed E-state index contributed by atoms with van der Waals surface area (Å²) in [4.78, 5) is 2.40. The normalized spacial score (nSPS) is 13.6. The SMILES string of the molecule is Cc1nnsc1C(C)(C)[n+]1cc(C(C)Cc2nnc(C(C)C)s2)sn1. The number of hydrogen-bond donors (Lipinski definition) is 0. The Hall–Kier alpha value is -1.32. The van der Waals surface area contributed by atoms with Gasteiger partial charge in [0.2, 0.25) is 11.7 Å². The first kappa shape index (κ1) is 18.5. The van der Waals surface area contributed by atoms with Crippen LogP contribution in [-0.4, -0.2) is 24.3 Å². The highest BCUT2D eigenvalue weighted by Crippen LogP contribution is 2.29. The van der Waals surface area contributed by atoms with Gasteiger partial charge < -0.3 is 0 Å². The van der Waals surface area contributed by atoms with Crippen LogP contribution in [0.1, 0.15) is 71.9 Å². The van der Waals surface area contributed by atoms with Crippen LogP contribution in [0.2, 0.25) is 0 Å². The van der Waals surface area contributed by atoms with Crippen LogP contribution < -0.4 is 4.68 Å². The van der Waals surface area contributed by atoms with Gasteiger partial charge in [0.05, 0.1) is 15.1 Å². The van der Waals surface area contributed by atoms with E-state index >= 15 is 0 Å². The topological polar surface area (TPSA) is 68.3 Å². The van der Waals surface area contributed by atoms with E-state index in [1.807, 2.05) is 11.6 Å². The predicted molar refractivity (Wildman–Crippen MR) is 101 cm³/mol. The van der Waals surface area contributed by atoms with Crippen molar-refractivity contribution in [3.05, 3.63) is 31.7 Å². The largest absolute Gasteiger partial charge is 0.226 e. The highest BCUT2D eigenvalue weighted by Gasteiger charge is 2.38. The molecule has 0 N–H and O–H groups in total. The summed E-state index contributed by atoms with van der Waals surface area (Å²) in [5, 5.41) is 15.0. The molecule has 9 heteroatoms. The maximum absolute atomic E-state index is 4.66. The Balaban J connectivity index is 1.77. The monoisotopic (exact) mass is 395 g/mol. The number of hydrogen-bond acceptors (Lipinski definition) is 8. The predicted octanol–water partition coefficient (Wildman–Crippen LogP) is 3.70. The van der Waals surface area contributed by atoms with Gasteiger partial charge in [0.25, 0.3) is 0 Å². The zero-order chi connectivity index (χ0) is 18.2. The quantitative estimate of drug-likeness (QED) is 0.595. The minimum atomic E-state index is -0.250. The fourth-order valence-electron chi connectivity index (χ4n) is 2.58. The Labute approximate surface area is 160 Å². The Morgan fingerprint density at radius 2 is 1.88 bits per heavy atom. The molecule has 0 radical (unpaired) electrons. The summed E-state index contributed by atoms with van der Waals surface area (Å²) in [6, 6.07) is 0. The summed E-state index contributed by atoms with van der Waals surface area (Å²) in [6.45, 7) is 12.8. The average molecular weight is 396 g/mol. The molecule has 3 aromatic heterocycles. The molecule has 0 fully saturated rings. The minimum absolute atomic E-state index is 0.250. The van der Waals surface area contributed by atoms with Gasteiger partial charge in [-0.2, -0.15) is 0 Å². The van der Waals surface area contributed by atoms with Crippen molar-refractivity contribution in [2.75, 3.05) is 0 Å². The van der Waals surface area contributed by atoms with Crippen molar-refractivity contribution in [2.24, 2.45) is 0 Å². The lowest BCUT2D eigenvalue weighted by Gasteiger charge is -2.13. The van der Waals surface area contributed by atoms with Gasteiger partial charge in [-0.15, -0.1) is 26.6 Å². The molecule has 0 saturated heterocycles. The Morgan fingerprint density at radius 3 is 2.48 bits per heavy atom. The summed E-state index contributed by atoms with van der Waals surface area (Å²) in [5.41, 5.74) is 0.723. The van der Waals surface area contributed by atoms with E-state index in [-0.39, 0.29) is 5.54 Å². The molecule has 0 bridgehead atoms. The van der Waals surface area contributed by atoms with E-state index < -0.39 is 0 Å². The van der Waals surface area contributed by atoms with Gasteiger partial charge >= 0.3 is 0 Å². The lowest BCUT2D eigenvalue weighted by Crippen LogP contribution is -2.53. The standard InChI is InChI=1S/C16H23N6S3/c1-9(2)15-19-18-13(23-15)7-10(3)12-8-22(21-24-12)16(5,6)14-11(4)17-20-25-14/h8-10H,7H2,1-6H3/q+1. The molecule has 0 aromatic carbocycles. The zero-order valence-corrected chi connectivity index (χ0v) is 17.8. The molecule has 0 saturated carbocycles. The van der Waals surface area contributed by atoms with E-state index in [0.29, 0.717) is 11.8 Å². The summed E-state index contributed by atoms with van der Waals surface area (Å²) in [5.74, 6) is 0.798. The first-order valence-electron chi connectivity index (χ1n) is 8.29. The van der Waals surface area contributed by atoms with Gasteiger partial charge in [0, 0.05) is 43.6 Å². The fourth-order valence-corrected chi connectivity index (χ4v) is 5.13. The third-order valence-electron chi connectivity index (χ3n) is 4.21. The summed E-state index contributed by atoms with van der Waals surface area (Å²) < 4.78 is 10.8. The van der Waals surface area contributed by atoms with Crippen LogP contribution in [-0.2, 0) is 12.0 Å². The Morgan fingerprint density at radius 1 is 1.12 bits per heavy atom. The van der Waals surface area contributed by atoms with E-state index in [1.54, 1.807) is 22.9 Å². The smallest absolute Gasteiger partial charge is 0.144 e. The molecule has 25 heavy (non-hydrogen) atoms. The number of aryl methyl sites for hydroxylation is 1. The van der Waals surface area contributed by atoms with Crippen molar-refractivity contribution in [3.63, 3.8) is 0 Å². The van der Waals surface area contributed by atoms with Crippen LogP contribution in [0.3, 0.4) is 0 Å². The second kappa shape index (κ2) is 7.13. The lowest BCUT2D eigenvalue weighted by atomic mass is 10.0. The lowest BCUT2D eigenvalue weighted by molar-refractivity contribution is -0.792. The maximum atomic E-state index is 4.66. The van der Waals surface area contributed by atoms with Gasteiger partial charge in [-0.3, -0.25) is 0 Å². The van der Waals surface area contributed by atoms with Crippen LogP contribution in [0.5, 0.6) is 0 Å². The fraction of sp³-hybridized carbons (Fsp3) is 0.625. The highest BCUT2D eigenvalue weighted by molar-refractivity contribution is 7.11. The van der Waals surface area contributed by atoms with Gasteiger partial charge in [0.15, 0.2) is 0 Å². The second-order valence-corrected chi connectivity index (χ2v) is 9.75. The van der Waals surface area contributed by atoms with Gasteiger partial charge in [-0.05, 0) is 18.5 Å². The molecule has 3 rings (SSSR count). The molecule has 1 atom stereocenters. The number of nitrogens with zero attached hydrogens (tertiary/aromatic N) is 6. The van der Waals surface area contributed by atoms with Gasteiger partial charge in [-0.1, -0.05) is 29.9 Å². The van der Waals surface area contributed by atoms with Crippen LogP contribution in [0, 0.1) is 6.92 Å². The molecule has 0 aliphatic rings. The van der Waals surface area contributed by atoms with Crippen molar-refractivity contribution in [1.29, 1.82) is 0 Å². The number of aromatic nitrogens is 6. The van der Waals surface area contributed by atoms with Gasteiger partial charge in [-0.25, -0.2) is 0 Å². The molecule has 0 aliphatic carbocycles. The van der Waals surface area contributed by atoms with Crippen LogP contribution in [0.25, 0.3) is 0 Å². The van der Waals surface area contributed by atoms with E-state index in [2.05, 4.69) is 65.1 Å². The molecule has 134 valence electrons. The molecule has 3 heterocycles.